The van der Waals surface area contributed by atoms with Crippen LogP contribution in [0.4, 0.5) is 0 Å². The Bertz CT molecular complexity index is 1420. The van der Waals surface area contributed by atoms with E-state index in [9.17, 15) is 0 Å². The van der Waals surface area contributed by atoms with Gasteiger partial charge in [-0.2, -0.15) is 0 Å². The van der Waals surface area contributed by atoms with E-state index >= 15 is 0 Å². The fourth-order valence-electron chi connectivity index (χ4n) is 5.13. The Hall–Kier alpha value is -2.96. The van der Waals surface area contributed by atoms with Crippen LogP contribution >= 0.6 is 9.24 Å². The van der Waals surface area contributed by atoms with E-state index in [4.69, 9.17) is 25.2 Å². The summed E-state index contributed by atoms with van der Waals surface area (Å²) in [6, 6.07) is 25.1. The van der Waals surface area contributed by atoms with Gasteiger partial charge in [0.2, 0.25) is 0 Å². The Morgan fingerprint density at radius 2 is 1.56 bits per heavy atom. The van der Waals surface area contributed by atoms with Gasteiger partial charge in [0.25, 0.3) is 0 Å². The summed E-state index contributed by atoms with van der Waals surface area (Å²) in [5.41, 5.74) is 8.88. The first-order valence-corrected chi connectivity index (χ1v) is 11.2. The van der Waals surface area contributed by atoms with Gasteiger partial charge in [-0.15, -0.1) is 9.24 Å². The van der Waals surface area contributed by atoms with Gasteiger partial charge >= 0.3 is 0 Å². The maximum Gasteiger partial charge on any atom is 0.186 e. The summed E-state index contributed by atoms with van der Waals surface area (Å²) in [5.74, 6) is 1.53. The lowest BCUT2D eigenvalue weighted by molar-refractivity contribution is 0.157. The third kappa shape index (κ3) is 2.66. The molecule has 2 aliphatic rings. The molecule has 4 aromatic rings. The van der Waals surface area contributed by atoms with E-state index in [-0.39, 0.29) is 6.51 Å². The van der Waals surface area contributed by atoms with Crippen molar-refractivity contribution in [2.45, 2.75) is 12.5 Å². The first-order chi connectivity index (χ1) is 15.5. The van der Waals surface area contributed by atoms with Crippen LogP contribution < -0.4 is 20.2 Å². The average Bonchev–Trinajstić information content (AvgIpc) is 3.03. The van der Waals surface area contributed by atoms with Gasteiger partial charge in [0, 0.05) is 28.8 Å². The molecule has 4 aromatic carbocycles. The minimum Gasteiger partial charge on any atom is -0.504 e. The minimum atomic E-state index is -0.771. The number of hydrogen-bond donors (Lipinski definition) is 0. The number of fused-ring (bicyclic) bond motifs is 9. The smallest absolute Gasteiger partial charge is 0.186 e. The Labute approximate surface area is 193 Å². The van der Waals surface area contributed by atoms with Crippen molar-refractivity contribution in [1.82, 2.24) is 0 Å². The normalized spacial score (nSPS) is 17.2. The fourth-order valence-corrected chi connectivity index (χ4v) is 5.39. The minimum absolute atomic E-state index is 0.131. The molecule has 2 unspecified atom stereocenters. The second-order valence-electron chi connectivity index (χ2n) is 8.41. The van der Waals surface area contributed by atoms with Crippen LogP contribution in [-0.4, -0.2) is 22.2 Å². The largest absolute Gasteiger partial charge is 0.504 e. The highest BCUT2D eigenvalue weighted by Crippen LogP contribution is 2.58. The maximum atomic E-state index is 6.98. The molecule has 0 amide bonds. The summed E-state index contributed by atoms with van der Waals surface area (Å²) in [7, 11) is 14.6. The van der Waals surface area contributed by atoms with Gasteiger partial charge in [0.05, 0.1) is 0 Å². The second-order valence-corrected chi connectivity index (χ2v) is 9.08. The number of hydrogen-bond acceptors (Lipinski definition) is 2. The van der Waals surface area contributed by atoms with Crippen LogP contribution in [0, 0.1) is 6.92 Å². The van der Waals surface area contributed by atoms with E-state index in [1.54, 1.807) is 0 Å². The van der Waals surface area contributed by atoms with Crippen molar-refractivity contribution in [2.24, 2.45) is 0 Å². The third-order valence-corrected chi connectivity index (χ3v) is 6.81. The van der Waals surface area contributed by atoms with Crippen molar-refractivity contribution in [3.8, 4) is 33.8 Å². The Balaban J connectivity index is 1.73. The molecule has 0 saturated carbocycles. The van der Waals surface area contributed by atoms with Gasteiger partial charge < -0.3 is 9.47 Å². The van der Waals surface area contributed by atoms with Crippen molar-refractivity contribution in [2.75, 3.05) is 6.51 Å². The Kier molecular flexibility index (Phi) is 4.32. The number of rotatable bonds is 2. The van der Waals surface area contributed by atoms with Gasteiger partial charge in [-0.25, -0.2) is 0 Å². The molecule has 5 heteroatoms. The molecule has 0 saturated heterocycles. The van der Waals surface area contributed by atoms with Gasteiger partial charge in [0.1, 0.15) is 27.2 Å². The summed E-state index contributed by atoms with van der Waals surface area (Å²) in [4.78, 5) is 0. The highest BCUT2D eigenvalue weighted by atomic mass is 31.0. The van der Waals surface area contributed by atoms with E-state index in [0.29, 0.717) is 5.46 Å². The molecule has 0 bridgehead atoms. The predicted octanol–water partition coefficient (Wildman–Crippen LogP) is 4.13. The molecule has 1 spiro atoms. The second kappa shape index (κ2) is 7.02. The summed E-state index contributed by atoms with van der Waals surface area (Å²) in [5, 5.41) is 1.11. The molecule has 0 fully saturated rings. The first-order valence-electron chi connectivity index (χ1n) is 10.6. The van der Waals surface area contributed by atoms with Crippen molar-refractivity contribution in [1.29, 1.82) is 0 Å². The zero-order valence-electron chi connectivity index (χ0n) is 17.7. The molecule has 0 aromatic heterocycles. The molecule has 32 heavy (non-hydrogen) atoms. The number of benzene rings is 4. The monoisotopic (exact) mass is 428 g/mol. The van der Waals surface area contributed by atoms with Gasteiger partial charge in [-0.05, 0) is 53.2 Å². The zero-order valence-corrected chi connectivity index (χ0v) is 18.8. The zero-order chi connectivity index (χ0) is 22.0. The van der Waals surface area contributed by atoms with E-state index < -0.39 is 5.60 Å². The number of aryl methyl sites for hydroxylation is 1. The SMILES string of the molecule is [B]COc1ccc2c(c1)-c1cc(P)ccc1C21Oc2cc([B])ccc2-c2ccc(C)cc21. The topological polar surface area (TPSA) is 18.5 Å². The molecule has 1 aliphatic carbocycles. The third-order valence-electron chi connectivity index (χ3n) is 6.45. The molecule has 2 atom stereocenters. The van der Waals surface area contributed by atoms with Crippen LogP contribution in [0.25, 0.3) is 22.3 Å². The van der Waals surface area contributed by atoms with Crippen LogP contribution in [0.2, 0.25) is 0 Å². The molecular weight excluding hydrogens is 409 g/mol. The Morgan fingerprint density at radius 1 is 0.812 bits per heavy atom. The van der Waals surface area contributed by atoms with E-state index in [2.05, 4.69) is 64.7 Å². The van der Waals surface area contributed by atoms with Crippen molar-refractivity contribution < 1.29 is 9.47 Å². The molecule has 150 valence electrons. The predicted molar refractivity (Wildman–Crippen MR) is 135 cm³/mol. The van der Waals surface area contributed by atoms with Crippen LogP contribution in [0.3, 0.4) is 0 Å². The van der Waals surface area contributed by atoms with Crippen LogP contribution in [0.1, 0.15) is 22.3 Å². The Morgan fingerprint density at radius 3 is 2.38 bits per heavy atom. The molecule has 1 aliphatic heterocycles. The highest BCUT2D eigenvalue weighted by Gasteiger charge is 2.50. The van der Waals surface area contributed by atoms with Crippen LogP contribution in [0.5, 0.6) is 11.5 Å². The van der Waals surface area contributed by atoms with E-state index in [1.807, 2.05) is 24.3 Å². The van der Waals surface area contributed by atoms with Crippen LogP contribution in [-0.2, 0) is 5.60 Å². The molecule has 0 N–H and O–H groups in total. The summed E-state index contributed by atoms with van der Waals surface area (Å²) < 4.78 is 12.6. The van der Waals surface area contributed by atoms with Gasteiger partial charge in [-0.1, -0.05) is 59.6 Å². The lowest BCUT2D eigenvalue weighted by atomic mass is 9.76. The van der Waals surface area contributed by atoms with Crippen molar-refractivity contribution in [3.63, 3.8) is 0 Å². The molecule has 1 heterocycles. The quantitative estimate of drug-likeness (QED) is 0.354. The molecule has 4 radical (unpaired) electrons. The first kappa shape index (κ1) is 19.7. The van der Waals surface area contributed by atoms with Crippen LogP contribution in [0.15, 0.2) is 72.8 Å². The molecular formula is C27H19B2O2P. The lowest BCUT2D eigenvalue weighted by Gasteiger charge is -2.39. The highest BCUT2D eigenvalue weighted by molar-refractivity contribution is 7.27. The number of ether oxygens (including phenoxy) is 2. The summed E-state index contributed by atoms with van der Waals surface area (Å²) >= 11 is 0. The van der Waals surface area contributed by atoms with Crippen molar-refractivity contribution in [3.05, 3.63) is 95.1 Å². The fraction of sp³-hybridized carbons (Fsp3) is 0.111. The van der Waals surface area contributed by atoms with Crippen molar-refractivity contribution >= 4 is 35.7 Å². The molecule has 2 nitrogen and oxygen atoms in total. The average molecular weight is 428 g/mol. The summed E-state index contributed by atoms with van der Waals surface area (Å²) in [6.45, 7) is 2.25. The van der Waals surface area contributed by atoms with E-state index in [1.165, 1.54) is 5.56 Å². The molecule has 6 rings (SSSR count). The van der Waals surface area contributed by atoms with Gasteiger partial charge in [0.15, 0.2) is 5.60 Å². The standard InChI is InChI=1S/C27H19B2O2P/c1-15-2-6-19-20-7-3-16(29)11-26(20)31-27(25(19)10-15)23-8-4-17(30-14-28)12-21(23)22-13-18(32)5-9-24(22)27/h2-13H,14,32H2,1H3. The maximum absolute atomic E-state index is 6.98. The van der Waals surface area contributed by atoms with E-state index in [0.717, 1.165) is 55.7 Å². The lowest BCUT2D eigenvalue weighted by Crippen LogP contribution is -2.37. The summed E-state index contributed by atoms with van der Waals surface area (Å²) in [6.07, 6.45) is 0. The van der Waals surface area contributed by atoms with Gasteiger partial charge in [-0.3, -0.25) is 0 Å².